The molecular formula is C16H23N3. The Morgan fingerprint density at radius 3 is 2.89 bits per heavy atom. The zero-order valence-electron chi connectivity index (χ0n) is 11.7. The van der Waals surface area contributed by atoms with E-state index in [-0.39, 0.29) is 6.04 Å². The van der Waals surface area contributed by atoms with Crippen LogP contribution in [0.5, 0.6) is 0 Å². The number of aryl methyl sites for hydroxylation is 1. The summed E-state index contributed by atoms with van der Waals surface area (Å²) in [6.45, 7) is 2.06. The Kier molecular flexibility index (Phi) is 3.56. The van der Waals surface area contributed by atoms with E-state index < -0.39 is 0 Å². The third-order valence-corrected chi connectivity index (χ3v) is 4.19. The first kappa shape index (κ1) is 12.7. The van der Waals surface area contributed by atoms with Gasteiger partial charge in [0.25, 0.3) is 0 Å². The highest BCUT2D eigenvalue weighted by Crippen LogP contribution is 2.33. The largest absolute Gasteiger partial charge is 0.342 e. The molecule has 1 aromatic heterocycles. The molecule has 1 fully saturated rings. The van der Waals surface area contributed by atoms with E-state index in [0.717, 1.165) is 18.4 Å². The Morgan fingerprint density at radius 1 is 1.37 bits per heavy atom. The fraction of sp³-hybridized carbons (Fsp3) is 0.562. The average molecular weight is 257 g/mol. The Labute approximate surface area is 114 Å². The minimum Gasteiger partial charge on any atom is -0.342 e. The highest BCUT2D eigenvalue weighted by atomic mass is 14.9. The highest BCUT2D eigenvalue weighted by molar-refractivity contribution is 5.76. The van der Waals surface area contributed by atoms with E-state index in [9.17, 15) is 0 Å². The Balaban J connectivity index is 1.82. The molecule has 1 saturated carbocycles. The summed E-state index contributed by atoms with van der Waals surface area (Å²) in [5, 5.41) is 0. The van der Waals surface area contributed by atoms with E-state index in [2.05, 4.69) is 30.1 Å². The summed E-state index contributed by atoms with van der Waals surface area (Å²) < 4.78 is 0. The second kappa shape index (κ2) is 5.33. The van der Waals surface area contributed by atoms with Gasteiger partial charge in [0.1, 0.15) is 5.82 Å². The van der Waals surface area contributed by atoms with Crippen LogP contribution in [0.25, 0.3) is 11.0 Å². The van der Waals surface area contributed by atoms with E-state index in [1.165, 1.54) is 42.6 Å². The molecule has 3 heteroatoms. The SMILES string of the molecule is CC(N)CCc1ccc2nc(C3CCCC3)[nH]c2c1. The quantitative estimate of drug-likeness (QED) is 0.880. The first-order chi connectivity index (χ1) is 9.22. The van der Waals surface area contributed by atoms with E-state index in [1.807, 2.05) is 0 Å². The van der Waals surface area contributed by atoms with Gasteiger partial charge in [0.15, 0.2) is 0 Å². The van der Waals surface area contributed by atoms with Crippen LogP contribution in [0.4, 0.5) is 0 Å². The lowest BCUT2D eigenvalue weighted by molar-refractivity contribution is 0.666. The monoisotopic (exact) mass is 257 g/mol. The minimum absolute atomic E-state index is 0.270. The van der Waals surface area contributed by atoms with E-state index >= 15 is 0 Å². The van der Waals surface area contributed by atoms with Crippen molar-refractivity contribution in [1.29, 1.82) is 0 Å². The second-order valence-corrected chi connectivity index (χ2v) is 5.97. The van der Waals surface area contributed by atoms with Crippen LogP contribution in [0.15, 0.2) is 18.2 Å². The summed E-state index contributed by atoms with van der Waals surface area (Å²) in [5.41, 5.74) is 9.46. The van der Waals surface area contributed by atoms with Gasteiger partial charge in [-0.2, -0.15) is 0 Å². The van der Waals surface area contributed by atoms with E-state index in [0.29, 0.717) is 5.92 Å². The maximum Gasteiger partial charge on any atom is 0.110 e. The summed E-state index contributed by atoms with van der Waals surface area (Å²) >= 11 is 0. The molecule has 1 heterocycles. The normalized spacial score (nSPS) is 18.2. The molecule has 0 saturated heterocycles. The van der Waals surface area contributed by atoms with Crippen LogP contribution in [-0.2, 0) is 6.42 Å². The standard InChI is InChI=1S/C16H23N3/c1-11(17)6-7-12-8-9-14-15(10-12)19-16(18-14)13-4-2-3-5-13/h8-11,13H,2-7,17H2,1H3,(H,18,19). The molecule has 3 rings (SSSR count). The molecule has 0 bridgehead atoms. The van der Waals surface area contributed by atoms with Crippen molar-refractivity contribution in [2.75, 3.05) is 0 Å². The molecule has 0 radical (unpaired) electrons. The number of hydrogen-bond donors (Lipinski definition) is 2. The van der Waals surface area contributed by atoms with Crippen LogP contribution >= 0.6 is 0 Å². The van der Waals surface area contributed by atoms with Gasteiger partial charge in [0.05, 0.1) is 11.0 Å². The molecule has 0 amide bonds. The van der Waals surface area contributed by atoms with Gasteiger partial charge >= 0.3 is 0 Å². The van der Waals surface area contributed by atoms with Crippen molar-refractivity contribution in [3.63, 3.8) is 0 Å². The number of imidazole rings is 1. The smallest absolute Gasteiger partial charge is 0.110 e. The van der Waals surface area contributed by atoms with Gasteiger partial charge in [-0.1, -0.05) is 18.9 Å². The number of H-pyrrole nitrogens is 1. The van der Waals surface area contributed by atoms with Crippen molar-refractivity contribution in [3.05, 3.63) is 29.6 Å². The highest BCUT2D eigenvalue weighted by Gasteiger charge is 2.20. The first-order valence-corrected chi connectivity index (χ1v) is 7.46. The average Bonchev–Trinajstić information content (AvgIpc) is 3.04. The molecule has 3 nitrogen and oxygen atoms in total. The number of nitrogens with two attached hydrogens (primary N) is 1. The van der Waals surface area contributed by atoms with Gasteiger partial charge in [0, 0.05) is 12.0 Å². The van der Waals surface area contributed by atoms with Gasteiger partial charge in [-0.05, 0) is 50.3 Å². The van der Waals surface area contributed by atoms with Gasteiger partial charge in [0.2, 0.25) is 0 Å². The number of aromatic amines is 1. The number of benzene rings is 1. The number of rotatable bonds is 4. The fourth-order valence-electron chi connectivity index (χ4n) is 3.02. The molecule has 2 aromatic rings. The van der Waals surface area contributed by atoms with Crippen LogP contribution in [0, 0.1) is 0 Å². The molecule has 1 unspecified atom stereocenters. The predicted molar refractivity (Wildman–Crippen MR) is 79.3 cm³/mol. The number of hydrogen-bond acceptors (Lipinski definition) is 2. The van der Waals surface area contributed by atoms with Crippen LogP contribution in [-0.4, -0.2) is 16.0 Å². The number of nitrogens with zero attached hydrogens (tertiary/aromatic N) is 1. The lowest BCUT2D eigenvalue weighted by Gasteiger charge is -2.04. The van der Waals surface area contributed by atoms with Gasteiger partial charge < -0.3 is 10.7 Å². The van der Waals surface area contributed by atoms with Crippen molar-refractivity contribution in [3.8, 4) is 0 Å². The third-order valence-electron chi connectivity index (χ3n) is 4.19. The summed E-state index contributed by atoms with van der Waals surface area (Å²) in [6, 6.07) is 6.83. The summed E-state index contributed by atoms with van der Waals surface area (Å²) in [7, 11) is 0. The summed E-state index contributed by atoms with van der Waals surface area (Å²) in [4.78, 5) is 8.27. The van der Waals surface area contributed by atoms with Crippen LogP contribution < -0.4 is 5.73 Å². The molecule has 102 valence electrons. The molecular weight excluding hydrogens is 234 g/mol. The van der Waals surface area contributed by atoms with Crippen molar-refractivity contribution in [2.24, 2.45) is 5.73 Å². The zero-order chi connectivity index (χ0) is 13.2. The molecule has 0 spiro atoms. The molecule has 1 aliphatic rings. The van der Waals surface area contributed by atoms with Crippen LogP contribution in [0.3, 0.4) is 0 Å². The minimum atomic E-state index is 0.270. The van der Waals surface area contributed by atoms with Crippen molar-refractivity contribution < 1.29 is 0 Å². The van der Waals surface area contributed by atoms with E-state index in [1.54, 1.807) is 0 Å². The fourth-order valence-corrected chi connectivity index (χ4v) is 3.02. The number of fused-ring (bicyclic) bond motifs is 1. The molecule has 1 aliphatic carbocycles. The van der Waals surface area contributed by atoms with Crippen molar-refractivity contribution >= 4 is 11.0 Å². The number of aromatic nitrogens is 2. The third kappa shape index (κ3) is 2.81. The molecule has 1 aromatic carbocycles. The van der Waals surface area contributed by atoms with Gasteiger partial charge in [-0.25, -0.2) is 4.98 Å². The Morgan fingerprint density at radius 2 is 2.16 bits per heavy atom. The molecule has 19 heavy (non-hydrogen) atoms. The van der Waals surface area contributed by atoms with Crippen LogP contribution in [0.1, 0.15) is 56.3 Å². The Hall–Kier alpha value is -1.35. The van der Waals surface area contributed by atoms with Gasteiger partial charge in [-0.3, -0.25) is 0 Å². The van der Waals surface area contributed by atoms with Gasteiger partial charge in [-0.15, -0.1) is 0 Å². The van der Waals surface area contributed by atoms with Crippen molar-refractivity contribution in [2.45, 2.75) is 57.4 Å². The predicted octanol–water partition coefficient (Wildman–Crippen LogP) is 3.50. The summed E-state index contributed by atoms with van der Waals surface area (Å²) in [6.07, 6.45) is 7.36. The van der Waals surface area contributed by atoms with Crippen molar-refractivity contribution in [1.82, 2.24) is 9.97 Å². The lowest BCUT2D eigenvalue weighted by atomic mass is 10.1. The lowest BCUT2D eigenvalue weighted by Crippen LogP contribution is -2.15. The summed E-state index contributed by atoms with van der Waals surface area (Å²) in [5.74, 6) is 1.84. The first-order valence-electron chi connectivity index (χ1n) is 7.46. The van der Waals surface area contributed by atoms with E-state index in [4.69, 9.17) is 10.7 Å². The topological polar surface area (TPSA) is 54.7 Å². The van der Waals surface area contributed by atoms with Crippen LogP contribution in [0.2, 0.25) is 0 Å². The Bertz CT molecular complexity index is 550. The maximum atomic E-state index is 5.82. The molecule has 0 aliphatic heterocycles. The molecule has 3 N–H and O–H groups in total. The number of nitrogens with one attached hydrogen (secondary N) is 1. The second-order valence-electron chi connectivity index (χ2n) is 5.97. The molecule has 1 atom stereocenters. The zero-order valence-corrected chi connectivity index (χ0v) is 11.7. The maximum absolute atomic E-state index is 5.82.